The number of aryl methyl sites for hydroxylation is 1. The zero-order valence-electron chi connectivity index (χ0n) is 15.0. The number of piperazine rings is 1. The molecule has 142 valence electrons. The summed E-state index contributed by atoms with van der Waals surface area (Å²) in [4.78, 5) is 14.2. The maximum atomic E-state index is 13.2. The van der Waals surface area contributed by atoms with Gasteiger partial charge in [0.15, 0.2) is 0 Å². The number of carbonyl (C=O) groups excluding carboxylic acids is 1. The van der Waals surface area contributed by atoms with E-state index >= 15 is 0 Å². The fourth-order valence-corrected chi connectivity index (χ4v) is 4.31. The van der Waals surface area contributed by atoms with Gasteiger partial charge in [0.05, 0.1) is 4.90 Å². The summed E-state index contributed by atoms with van der Waals surface area (Å²) in [5.41, 5.74) is 1.60. The molecule has 2 aromatic carbocycles. The summed E-state index contributed by atoms with van der Waals surface area (Å²) in [7, 11) is -3.55. The van der Waals surface area contributed by atoms with Crippen LogP contribution in [-0.2, 0) is 14.8 Å². The lowest BCUT2D eigenvalue weighted by atomic mass is 10.2. The number of hydrogen-bond donors (Lipinski definition) is 0. The molecule has 0 N–H and O–H groups in total. The number of rotatable bonds is 4. The molecule has 0 bridgehead atoms. The summed E-state index contributed by atoms with van der Waals surface area (Å²) >= 11 is 0. The highest BCUT2D eigenvalue weighted by Crippen LogP contribution is 2.18. The van der Waals surface area contributed by atoms with Crippen LogP contribution in [0.15, 0.2) is 59.5 Å². The second-order valence-corrected chi connectivity index (χ2v) is 8.37. The van der Waals surface area contributed by atoms with Gasteiger partial charge in [0, 0.05) is 32.3 Å². The first-order valence-corrected chi connectivity index (χ1v) is 10.1. The van der Waals surface area contributed by atoms with Gasteiger partial charge in [0.25, 0.3) is 0 Å². The number of hydrogen-bond acceptors (Lipinski definition) is 3. The Balaban J connectivity index is 1.61. The Morgan fingerprint density at radius 3 is 2.33 bits per heavy atom. The van der Waals surface area contributed by atoms with Gasteiger partial charge in [-0.15, -0.1) is 0 Å². The topological polar surface area (TPSA) is 57.7 Å². The van der Waals surface area contributed by atoms with Gasteiger partial charge in [0.2, 0.25) is 15.9 Å². The molecule has 5 nitrogen and oxygen atoms in total. The second kappa shape index (κ2) is 8.02. The van der Waals surface area contributed by atoms with Gasteiger partial charge >= 0.3 is 0 Å². The highest BCUT2D eigenvalue weighted by atomic mass is 32.2. The van der Waals surface area contributed by atoms with Crippen molar-refractivity contribution in [3.8, 4) is 0 Å². The third kappa shape index (κ3) is 4.61. The molecule has 0 unspecified atom stereocenters. The molecule has 0 aromatic heterocycles. The van der Waals surface area contributed by atoms with E-state index in [9.17, 15) is 17.6 Å². The number of benzene rings is 2. The molecule has 0 aliphatic carbocycles. The van der Waals surface area contributed by atoms with Gasteiger partial charge in [-0.2, -0.15) is 4.31 Å². The molecule has 0 radical (unpaired) electrons. The maximum absolute atomic E-state index is 13.2. The number of sulfonamides is 1. The lowest BCUT2D eigenvalue weighted by Gasteiger charge is -2.33. The van der Waals surface area contributed by atoms with Gasteiger partial charge in [-0.25, -0.2) is 12.8 Å². The standard InChI is InChI=1S/C20H21FN2O3S/c1-16-5-8-19(9-6-16)27(25,26)23-13-11-22(12-14-23)20(24)10-7-17-3-2-4-18(21)15-17/h2-10,15H,11-14H2,1H3. The Hall–Kier alpha value is -2.51. The fourth-order valence-electron chi connectivity index (χ4n) is 2.89. The van der Waals surface area contributed by atoms with Crippen molar-refractivity contribution in [1.82, 2.24) is 9.21 Å². The molecular weight excluding hydrogens is 367 g/mol. The van der Waals surface area contributed by atoms with Crippen molar-refractivity contribution in [3.63, 3.8) is 0 Å². The number of carbonyl (C=O) groups is 1. The van der Waals surface area contributed by atoms with Crippen LogP contribution in [0, 0.1) is 12.7 Å². The lowest BCUT2D eigenvalue weighted by Crippen LogP contribution is -2.50. The van der Waals surface area contributed by atoms with Crippen molar-refractivity contribution < 1.29 is 17.6 Å². The van der Waals surface area contributed by atoms with Crippen LogP contribution in [0.5, 0.6) is 0 Å². The summed E-state index contributed by atoms with van der Waals surface area (Å²) in [5.74, 6) is -0.578. The zero-order chi connectivity index (χ0) is 19.4. The predicted octanol–water partition coefficient (Wildman–Crippen LogP) is 2.68. The summed E-state index contributed by atoms with van der Waals surface area (Å²) in [6.07, 6.45) is 2.94. The van der Waals surface area contributed by atoms with Gasteiger partial charge in [-0.1, -0.05) is 29.8 Å². The second-order valence-electron chi connectivity index (χ2n) is 6.43. The largest absolute Gasteiger partial charge is 0.337 e. The third-order valence-electron chi connectivity index (χ3n) is 4.48. The fraction of sp³-hybridized carbons (Fsp3) is 0.250. The molecule has 1 aliphatic heterocycles. The van der Waals surface area contributed by atoms with E-state index < -0.39 is 10.0 Å². The molecule has 3 rings (SSSR count). The van der Waals surface area contributed by atoms with Gasteiger partial charge < -0.3 is 4.90 Å². The van der Waals surface area contributed by atoms with Crippen molar-refractivity contribution in [2.24, 2.45) is 0 Å². The van der Waals surface area contributed by atoms with E-state index in [2.05, 4.69) is 0 Å². The Morgan fingerprint density at radius 1 is 1.04 bits per heavy atom. The molecule has 27 heavy (non-hydrogen) atoms. The van der Waals surface area contributed by atoms with E-state index in [1.165, 1.54) is 22.5 Å². The summed E-state index contributed by atoms with van der Waals surface area (Å²) in [6.45, 7) is 3.03. The average Bonchev–Trinajstić information content (AvgIpc) is 2.66. The molecule has 1 heterocycles. The predicted molar refractivity (Wildman–Crippen MR) is 102 cm³/mol. The molecule has 7 heteroatoms. The molecule has 1 saturated heterocycles. The highest BCUT2D eigenvalue weighted by molar-refractivity contribution is 7.89. The minimum absolute atomic E-state index is 0.216. The van der Waals surface area contributed by atoms with Gasteiger partial charge in [-0.05, 0) is 42.8 Å². The highest BCUT2D eigenvalue weighted by Gasteiger charge is 2.29. The summed E-state index contributed by atoms with van der Waals surface area (Å²) < 4.78 is 40.0. The molecule has 0 spiro atoms. The van der Waals surface area contributed by atoms with E-state index in [0.29, 0.717) is 18.7 Å². The van der Waals surface area contributed by atoms with Crippen LogP contribution in [0.3, 0.4) is 0 Å². The minimum Gasteiger partial charge on any atom is -0.337 e. The van der Waals surface area contributed by atoms with Crippen LogP contribution in [0.4, 0.5) is 4.39 Å². The minimum atomic E-state index is -3.55. The first kappa shape index (κ1) is 19.3. The summed E-state index contributed by atoms with van der Waals surface area (Å²) in [6, 6.07) is 12.7. The first-order valence-electron chi connectivity index (χ1n) is 8.66. The van der Waals surface area contributed by atoms with Crippen LogP contribution >= 0.6 is 0 Å². The first-order chi connectivity index (χ1) is 12.9. The normalized spacial score (nSPS) is 16.0. The molecule has 0 atom stereocenters. The lowest BCUT2D eigenvalue weighted by molar-refractivity contribution is -0.127. The average molecular weight is 388 g/mol. The van der Waals surface area contributed by atoms with Crippen LogP contribution in [-0.4, -0.2) is 49.7 Å². The molecule has 0 saturated carbocycles. The van der Waals surface area contributed by atoms with Crippen molar-refractivity contribution in [2.45, 2.75) is 11.8 Å². The number of halogens is 1. The van der Waals surface area contributed by atoms with Crippen LogP contribution in [0.25, 0.3) is 6.08 Å². The summed E-state index contributed by atoms with van der Waals surface area (Å²) in [5, 5.41) is 0. The van der Waals surface area contributed by atoms with Crippen molar-refractivity contribution in [3.05, 3.63) is 71.6 Å². The quantitative estimate of drug-likeness (QED) is 0.757. The van der Waals surface area contributed by atoms with Crippen molar-refractivity contribution in [2.75, 3.05) is 26.2 Å². The van der Waals surface area contributed by atoms with E-state index in [-0.39, 0.29) is 29.7 Å². The van der Waals surface area contributed by atoms with E-state index in [0.717, 1.165) is 5.56 Å². The molecule has 1 fully saturated rings. The Bertz CT molecular complexity index is 947. The third-order valence-corrected chi connectivity index (χ3v) is 6.39. The monoisotopic (exact) mass is 388 g/mol. The number of amides is 1. The molecule has 1 aliphatic rings. The maximum Gasteiger partial charge on any atom is 0.246 e. The van der Waals surface area contributed by atoms with Gasteiger partial charge in [0.1, 0.15) is 5.82 Å². The number of nitrogens with zero attached hydrogens (tertiary/aromatic N) is 2. The molecular formula is C20H21FN2O3S. The molecule has 1 amide bonds. The van der Waals surface area contributed by atoms with Crippen molar-refractivity contribution in [1.29, 1.82) is 0 Å². The van der Waals surface area contributed by atoms with Gasteiger partial charge in [-0.3, -0.25) is 4.79 Å². The Labute approximate surface area is 158 Å². The molecule has 2 aromatic rings. The van der Waals surface area contributed by atoms with E-state index in [1.54, 1.807) is 47.4 Å². The van der Waals surface area contributed by atoms with Crippen LogP contribution < -0.4 is 0 Å². The van der Waals surface area contributed by atoms with E-state index in [1.807, 2.05) is 6.92 Å². The van der Waals surface area contributed by atoms with Crippen LogP contribution in [0.2, 0.25) is 0 Å². The Kier molecular flexibility index (Phi) is 5.72. The van der Waals surface area contributed by atoms with Crippen LogP contribution in [0.1, 0.15) is 11.1 Å². The smallest absolute Gasteiger partial charge is 0.246 e. The van der Waals surface area contributed by atoms with Crippen molar-refractivity contribution >= 4 is 22.0 Å². The SMILES string of the molecule is Cc1ccc(S(=O)(=O)N2CCN(C(=O)C=Cc3cccc(F)c3)CC2)cc1. The van der Waals surface area contributed by atoms with E-state index in [4.69, 9.17) is 0 Å². The Morgan fingerprint density at radius 2 is 1.70 bits per heavy atom. The zero-order valence-corrected chi connectivity index (χ0v) is 15.8.